The molecule has 0 aromatic heterocycles. The minimum absolute atomic E-state index is 0.0637. The summed E-state index contributed by atoms with van der Waals surface area (Å²) in [5.74, 6) is 0.772. The van der Waals surface area contributed by atoms with E-state index in [2.05, 4.69) is 34.6 Å². The fourth-order valence-corrected chi connectivity index (χ4v) is 8.34. The minimum Gasteiger partial charge on any atom is -0.462 e. The molecule has 0 heterocycles. The molecular weight excluding hydrogens is 757 g/mol. The van der Waals surface area contributed by atoms with Crippen molar-refractivity contribution in [1.29, 1.82) is 0 Å². The van der Waals surface area contributed by atoms with Crippen molar-refractivity contribution in [1.82, 2.24) is 0 Å². The number of hydrogen-bond acceptors (Lipinski definition) is 6. The average molecular weight is 863 g/mol. The molecule has 0 bridgehead atoms. The Labute approximate surface area is 380 Å². The first-order valence-corrected chi connectivity index (χ1v) is 27.2. The van der Waals surface area contributed by atoms with Gasteiger partial charge in [-0.15, -0.1) is 0 Å². The average Bonchev–Trinajstić information content (AvgIpc) is 3.23. The second-order valence-corrected chi connectivity index (χ2v) is 19.8. The minimum atomic E-state index is -0.762. The summed E-state index contributed by atoms with van der Waals surface area (Å²) in [4.78, 5) is 38.0. The maximum absolute atomic E-state index is 12.8. The van der Waals surface area contributed by atoms with Crippen LogP contribution in [0.25, 0.3) is 0 Å². The van der Waals surface area contributed by atoms with Gasteiger partial charge in [-0.25, -0.2) is 0 Å². The Balaban J connectivity index is 4.26. The summed E-state index contributed by atoms with van der Waals surface area (Å²) >= 11 is 0. The van der Waals surface area contributed by atoms with Crippen LogP contribution in [0.3, 0.4) is 0 Å². The summed E-state index contributed by atoms with van der Waals surface area (Å²) in [5, 5.41) is 0. The fourth-order valence-electron chi connectivity index (χ4n) is 8.34. The topological polar surface area (TPSA) is 78.9 Å². The lowest BCUT2D eigenvalue weighted by atomic mass is 10.0. The van der Waals surface area contributed by atoms with E-state index in [-0.39, 0.29) is 31.1 Å². The SMILES string of the molecule is CCCCCCCCCCCCCCCCCCCC(=O)OC[C@H](COC(=O)CCCCCCCCCC(C)C)OC(=O)CCCCCCCCCCCCCCCC(C)C. The van der Waals surface area contributed by atoms with Gasteiger partial charge in [0.05, 0.1) is 0 Å². The van der Waals surface area contributed by atoms with E-state index in [1.165, 1.54) is 193 Å². The van der Waals surface area contributed by atoms with Crippen LogP contribution in [0.5, 0.6) is 0 Å². The lowest BCUT2D eigenvalue weighted by molar-refractivity contribution is -0.167. The number of rotatable bonds is 49. The molecule has 61 heavy (non-hydrogen) atoms. The summed E-state index contributed by atoms with van der Waals surface area (Å²) in [6, 6.07) is 0. The van der Waals surface area contributed by atoms with Crippen molar-refractivity contribution in [3.05, 3.63) is 0 Å². The van der Waals surface area contributed by atoms with Gasteiger partial charge >= 0.3 is 17.9 Å². The Morgan fingerprint density at radius 3 is 0.803 bits per heavy atom. The Kier molecular flexibility index (Phi) is 46.6. The summed E-state index contributed by atoms with van der Waals surface area (Å²) < 4.78 is 16.8. The molecule has 0 aliphatic rings. The molecule has 0 aliphatic carbocycles. The number of carbonyl (C=O) groups excluding carboxylic acids is 3. The van der Waals surface area contributed by atoms with Crippen LogP contribution in [-0.4, -0.2) is 37.2 Å². The molecule has 0 spiro atoms. The van der Waals surface area contributed by atoms with Gasteiger partial charge in [0.25, 0.3) is 0 Å². The van der Waals surface area contributed by atoms with Gasteiger partial charge in [-0.3, -0.25) is 14.4 Å². The number of ether oxygens (including phenoxy) is 3. The van der Waals surface area contributed by atoms with Gasteiger partial charge in [0.15, 0.2) is 6.10 Å². The zero-order chi connectivity index (χ0) is 44.7. The first kappa shape index (κ1) is 59.4. The van der Waals surface area contributed by atoms with E-state index in [0.717, 1.165) is 69.6 Å². The molecule has 0 N–H and O–H groups in total. The van der Waals surface area contributed by atoms with E-state index in [1.807, 2.05) is 0 Å². The highest BCUT2D eigenvalue weighted by atomic mass is 16.6. The number of hydrogen-bond donors (Lipinski definition) is 0. The zero-order valence-corrected chi connectivity index (χ0v) is 41.8. The largest absolute Gasteiger partial charge is 0.462 e. The molecule has 362 valence electrons. The number of carbonyl (C=O) groups is 3. The van der Waals surface area contributed by atoms with Crippen LogP contribution in [0.1, 0.15) is 304 Å². The third-order valence-corrected chi connectivity index (χ3v) is 12.5. The molecule has 0 fully saturated rings. The summed E-state index contributed by atoms with van der Waals surface area (Å²) in [5.41, 5.74) is 0. The van der Waals surface area contributed by atoms with E-state index in [0.29, 0.717) is 19.3 Å². The van der Waals surface area contributed by atoms with Crippen molar-refractivity contribution in [2.24, 2.45) is 11.8 Å². The van der Waals surface area contributed by atoms with Crippen molar-refractivity contribution >= 4 is 17.9 Å². The van der Waals surface area contributed by atoms with Crippen molar-refractivity contribution in [3.8, 4) is 0 Å². The van der Waals surface area contributed by atoms with Crippen LogP contribution >= 0.6 is 0 Å². The second-order valence-electron chi connectivity index (χ2n) is 19.8. The molecule has 1 atom stereocenters. The van der Waals surface area contributed by atoms with Gasteiger partial charge in [-0.2, -0.15) is 0 Å². The van der Waals surface area contributed by atoms with E-state index < -0.39 is 6.10 Å². The van der Waals surface area contributed by atoms with Gasteiger partial charge in [0.2, 0.25) is 0 Å². The van der Waals surface area contributed by atoms with Gasteiger partial charge in [-0.05, 0) is 31.1 Å². The Hall–Kier alpha value is -1.59. The molecule has 0 aromatic rings. The molecule has 0 aromatic carbocycles. The standard InChI is InChI=1S/C55H106O6/c1-6-7-8-9-10-11-12-13-14-15-16-19-22-25-30-35-40-45-53(56)59-48-52(49-60-54(57)46-41-36-32-27-29-34-39-44-51(4)5)61-55(58)47-42-37-31-26-23-20-17-18-21-24-28-33-38-43-50(2)3/h50-52H,6-49H2,1-5H3/t52-/m1/s1. The number of unbranched alkanes of at least 4 members (excludes halogenated alkanes) is 34. The lowest BCUT2D eigenvalue weighted by Crippen LogP contribution is -2.30. The van der Waals surface area contributed by atoms with E-state index in [9.17, 15) is 14.4 Å². The smallest absolute Gasteiger partial charge is 0.306 e. The Morgan fingerprint density at radius 1 is 0.311 bits per heavy atom. The molecular formula is C55H106O6. The van der Waals surface area contributed by atoms with Crippen LogP contribution in [-0.2, 0) is 28.6 Å². The first-order chi connectivity index (χ1) is 29.7. The number of esters is 3. The quantitative estimate of drug-likeness (QED) is 0.0344. The van der Waals surface area contributed by atoms with E-state index in [4.69, 9.17) is 14.2 Å². The van der Waals surface area contributed by atoms with Crippen molar-refractivity contribution in [2.75, 3.05) is 13.2 Å². The predicted octanol–water partition coefficient (Wildman–Crippen LogP) is 17.7. The van der Waals surface area contributed by atoms with Crippen LogP contribution in [0.15, 0.2) is 0 Å². The maximum atomic E-state index is 12.8. The molecule has 0 aliphatic heterocycles. The third kappa shape index (κ3) is 49.3. The van der Waals surface area contributed by atoms with Crippen molar-refractivity contribution in [2.45, 2.75) is 310 Å². The first-order valence-electron chi connectivity index (χ1n) is 27.2. The highest BCUT2D eigenvalue weighted by molar-refractivity contribution is 5.71. The normalized spacial score (nSPS) is 12.0. The molecule has 0 rings (SSSR count). The van der Waals surface area contributed by atoms with Gasteiger partial charge in [-0.1, -0.05) is 266 Å². The van der Waals surface area contributed by atoms with Crippen LogP contribution in [0, 0.1) is 11.8 Å². The zero-order valence-electron chi connectivity index (χ0n) is 41.8. The molecule has 6 heteroatoms. The fraction of sp³-hybridized carbons (Fsp3) is 0.945. The van der Waals surface area contributed by atoms with E-state index in [1.54, 1.807) is 0 Å². The predicted molar refractivity (Wildman–Crippen MR) is 261 cm³/mol. The molecule has 0 amide bonds. The molecule has 0 radical (unpaired) electrons. The van der Waals surface area contributed by atoms with Crippen LogP contribution in [0.4, 0.5) is 0 Å². The van der Waals surface area contributed by atoms with Crippen molar-refractivity contribution < 1.29 is 28.6 Å². The summed E-state index contributed by atoms with van der Waals surface area (Å²) in [6.45, 7) is 11.3. The molecule has 0 saturated heterocycles. The summed E-state index contributed by atoms with van der Waals surface area (Å²) in [7, 11) is 0. The summed E-state index contributed by atoms with van der Waals surface area (Å²) in [6.07, 6.45) is 49.6. The van der Waals surface area contributed by atoms with Gasteiger partial charge in [0, 0.05) is 19.3 Å². The Morgan fingerprint density at radius 2 is 0.541 bits per heavy atom. The highest BCUT2D eigenvalue weighted by Crippen LogP contribution is 2.18. The van der Waals surface area contributed by atoms with Crippen molar-refractivity contribution in [3.63, 3.8) is 0 Å². The molecule has 0 unspecified atom stereocenters. The lowest BCUT2D eigenvalue weighted by Gasteiger charge is -2.18. The second kappa shape index (κ2) is 47.9. The molecule has 0 saturated carbocycles. The van der Waals surface area contributed by atoms with Crippen LogP contribution in [0.2, 0.25) is 0 Å². The van der Waals surface area contributed by atoms with Crippen LogP contribution < -0.4 is 0 Å². The van der Waals surface area contributed by atoms with Gasteiger partial charge in [0.1, 0.15) is 13.2 Å². The third-order valence-electron chi connectivity index (χ3n) is 12.5. The maximum Gasteiger partial charge on any atom is 0.306 e. The van der Waals surface area contributed by atoms with E-state index >= 15 is 0 Å². The Bertz CT molecular complexity index is 931. The van der Waals surface area contributed by atoms with Gasteiger partial charge < -0.3 is 14.2 Å². The highest BCUT2D eigenvalue weighted by Gasteiger charge is 2.19. The molecule has 6 nitrogen and oxygen atoms in total. The monoisotopic (exact) mass is 863 g/mol.